The lowest BCUT2D eigenvalue weighted by molar-refractivity contribution is 0.181. The van der Waals surface area contributed by atoms with Gasteiger partial charge in [-0.2, -0.15) is 0 Å². The number of hydrogen-bond donors (Lipinski definition) is 2. The van der Waals surface area contributed by atoms with Crippen LogP contribution in [-0.4, -0.2) is 121 Å². The molecule has 3 aliphatic rings. The van der Waals surface area contributed by atoms with Crippen molar-refractivity contribution < 1.29 is 27.7 Å². The van der Waals surface area contributed by atoms with Gasteiger partial charge in [-0.1, -0.05) is 35.3 Å². The van der Waals surface area contributed by atoms with Crippen molar-refractivity contribution >= 4 is 50.6 Å². The number of fused-ring (bicyclic) bond motifs is 7. The molecule has 0 aliphatic carbocycles. The van der Waals surface area contributed by atoms with Gasteiger partial charge in [0.05, 0.1) is 34.4 Å². The molecule has 4 bridgehead atoms. The number of nitrogens with zero attached hydrogens (tertiary/aromatic N) is 7. The number of aromatic nitrogens is 5. The molecule has 0 saturated carbocycles. The summed E-state index contributed by atoms with van der Waals surface area (Å²) in [5.41, 5.74) is 6.15. The van der Waals surface area contributed by atoms with E-state index >= 15 is 0 Å². The van der Waals surface area contributed by atoms with E-state index in [4.69, 9.17) is 47.1 Å². The highest BCUT2D eigenvalue weighted by molar-refractivity contribution is 7.22. The fourth-order valence-corrected chi connectivity index (χ4v) is 9.62. The van der Waals surface area contributed by atoms with Gasteiger partial charge in [-0.15, -0.1) is 11.3 Å². The molecule has 18 heteroatoms. The first-order valence-electron chi connectivity index (χ1n) is 22.9. The number of thiophene rings is 1. The van der Waals surface area contributed by atoms with Crippen LogP contribution in [0.3, 0.4) is 0 Å². The fraction of sp³-hybridized carbons (Fsp3) is 0.353. The molecule has 7 heterocycles. The molecular formula is C51H55Cl2F2N9O4S. The minimum atomic E-state index is -0.341. The molecule has 0 spiro atoms. The van der Waals surface area contributed by atoms with Crippen molar-refractivity contribution in [1.82, 2.24) is 40.0 Å². The van der Waals surface area contributed by atoms with Crippen LogP contribution in [0.15, 0.2) is 79.4 Å². The Hall–Kier alpha value is -5.75. The van der Waals surface area contributed by atoms with Gasteiger partial charge in [0.1, 0.15) is 54.1 Å². The van der Waals surface area contributed by atoms with E-state index in [1.807, 2.05) is 50.2 Å². The van der Waals surface area contributed by atoms with E-state index in [0.29, 0.717) is 87.4 Å². The molecule has 10 rings (SSSR count). The number of rotatable bonds is 12. The summed E-state index contributed by atoms with van der Waals surface area (Å²) in [6.07, 6.45) is 5.84. The van der Waals surface area contributed by atoms with Crippen LogP contribution in [0.2, 0.25) is 10.0 Å². The fourth-order valence-electron chi connectivity index (χ4n) is 7.94. The molecule has 13 nitrogen and oxygen atoms in total. The largest absolute Gasteiger partial charge is 0.490 e. The Bertz CT molecular complexity index is 2790. The van der Waals surface area contributed by atoms with Gasteiger partial charge >= 0.3 is 0 Å². The second-order valence-corrected chi connectivity index (χ2v) is 18.5. The number of likely N-dealkylation sites (N-methyl/N-ethyl adjacent to an activating group) is 2. The topological polar surface area (TPSA) is 132 Å². The Kier molecular flexibility index (Phi) is 17.1. The summed E-state index contributed by atoms with van der Waals surface area (Å²) in [5.74, 6) is 2.89. The highest BCUT2D eigenvalue weighted by Crippen LogP contribution is 2.52. The summed E-state index contributed by atoms with van der Waals surface area (Å²) in [6.45, 7) is 11.3. The lowest BCUT2D eigenvalue weighted by Crippen LogP contribution is -2.42. The molecule has 0 unspecified atom stereocenters. The summed E-state index contributed by atoms with van der Waals surface area (Å²) in [7, 11) is 4.35. The van der Waals surface area contributed by atoms with Gasteiger partial charge in [-0.05, 0) is 112 Å². The van der Waals surface area contributed by atoms with E-state index in [-0.39, 0.29) is 38.9 Å². The zero-order chi connectivity index (χ0) is 48.3. The lowest BCUT2D eigenvalue weighted by Gasteiger charge is -2.28. The number of piperazine rings is 1. The van der Waals surface area contributed by atoms with Gasteiger partial charge in [-0.3, -0.25) is 4.39 Å². The van der Waals surface area contributed by atoms with Gasteiger partial charge in [0.25, 0.3) is 0 Å². The monoisotopic (exact) mass is 997 g/mol. The second-order valence-electron chi connectivity index (χ2n) is 16.7. The van der Waals surface area contributed by atoms with Crippen LogP contribution in [0.25, 0.3) is 43.2 Å². The van der Waals surface area contributed by atoms with Crippen LogP contribution < -0.4 is 29.6 Å². The highest BCUT2D eigenvalue weighted by atomic mass is 35.5. The SMILES string of the molecule is CN1CCN(C)CC1.Cc1c(Cl)c2c(Cl)c(C)c1-c1c(-c3ccc(F)cc3)sc3ncnc(c13)OCCc1cc(ccc1OCc1ccnc(-c3ccc(NCCNCCCF)nc3)n1)OCCO2. The Morgan fingerprint density at radius 1 is 0.783 bits per heavy atom. The number of ether oxygens (including phenoxy) is 4. The summed E-state index contributed by atoms with van der Waals surface area (Å²) in [6, 6.07) is 17.6. The van der Waals surface area contributed by atoms with Crippen LogP contribution in [-0.2, 0) is 13.0 Å². The number of hydrogen-bond acceptors (Lipinski definition) is 14. The summed E-state index contributed by atoms with van der Waals surface area (Å²) < 4.78 is 51.7. The Balaban J connectivity index is 0.000000729. The van der Waals surface area contributed by atoms with Gasteiger partial charge in [-0.25, -0.2) is 29.3 Å². The number of benzene rings is 3. The molecular weight excluding hydrogens is 944 g/mol. The molecule has 362 valence electrons. The molecule has 1 fully saturated rings. The van der Waals surface area contributed by atoms with Gasteiger partial charge in [0.2, 0.25) is 5.88 Å². The van der Waals surface area contributed by atoms with Crippen molar-refractivity contribution in [1.29, 1.82) is 0 Å². The Labute approximate surface area is 415 Å². The third kappa shape index (κ3) is 12.4. The zero-order valence-corrected chi connectivity index (χ0v) is 41.4. The second kappa shape index (κ2) is 23.7. The number of anilines is 1. The quantitative estimate of drug-likeness (QED) is 0.113. The predicted octanol–water partition coefficient (Wildman–Crippen LogP) is 10.1. The third-order valence-corrected chi connectivity index (χ3v) is 13.8. The highest BCUT2D eigenvalue weighted by Gasteiger charge is 2.28. The van der Waals surface area contributed by atoms with Crippen LogP contribution in [0.1, 0.15) is 28.8 Å². The maximum Gasteiger partial charge on any atom is 0.226 e. The average Bonchev–Trinajstić information content (AvgIpc) is 3.75. The maximum atomic E-state index is 14.1. The van der Waals surface area contributed by atoms with Crippen molar-refractivity contribution in [3.8, 4) is 56.1 Å². The van der Waals surface area contributed by atoms with E-state index in [1.165, 1.54) is 56.0 Å². The lowest BCUT2D eigenvalue weighted by atomic mass is 9.92. The van der Waals surface area contributed by atoms with Crippen molar-refractivity contribution in [2.75, 3.05) is 91.7 Å². The van der Waals surface area contributed by atoms with Gasteiger partial charge in [0.15, 0.2) is 11.6 Å². The first kappa shape index (κ1) is 49.7. The predicted molar refractivity (Wildman–Crippen MR) is 271 cm³/mol. The van der Waals surface area contributed by atoms with Gasteiger partial charge in [0, 0.05) is 79.7 Å². The van der Waals surface area contributed by atoms with Crippen molar-refractivity contribution in [2.45, 2.75) is 33.3 Å². The van der Waals surface area contributed by atoms with Crippen molar-refractivity contribution in [3.63, 3.8) is 0 Å². The van der Waals surface area contributed by atoms with Crippen molar-refractivity contribution in [3.05, 3.63) is 118 Å². The van der Waals surface area contributed by atoms with E-state index in [9.17, 15) is 8.78 Å². The summed E-state index contributed by atoms with van der Waals surface area (Å²) in [4.78, 5) is 29.2. The number of alkyl halides is 1. The number of halogens is 4. The summed E-state index contributed by atoms with van der Waals surface area (Å²) >= 11 is 15.5. The molecule has 3 aromatic carbocycles. The molecule has 4 aromatic heterocycles. The van der Waals surface area contributed by atoms with E-state index in [0.717, 1.165) is 49.6 Å². The molecule has 69 heavy (non-hydrogen) atoms. The third-order valence-electron chi connectivity index (χ3n) is 11.8. The first-order chi connectivity index (χ1) is 33.6. The Morgan fingerprint density at radius 2 is 1.52 bits per heavy atom. The van der Waals surface area contributed by atoms with Crippen LogP contribution in [0.5, 0.6) is 23.1 Å². The van der Waals surface area contributed by atoms with Crippen molar-refractivity contribution in [2.24, 2.45) is 0 Å². The maximum absolute atomic E-state index is 14.1. The molecule has 0 amide bonds. The number of nitrogens with one attached hydrogen (secondary N) is 2. The van der Waals surface area contributed by atoms with Crippen LogP contribution in [0, 0.1) is 19.7 Å². The van der Waals surface area contributed by atoms with E-state index in [2.05, 4.69) is 54.5 Å². The molecule has 0 radical (unpaired) electrons. The zero-order valence-electron chi connectivity index (χ0n) is 39.1. The Morgan fingerprint density at radius 3 is 2.25 bits per heavy atom. The van der Waals surface area contributed by atoms with E-state index in [1.54, 1.807) is 24.5 Å². The summed E-state index contributed by atoms with van der Waals surface area (Å²) in [5, 5.41) is 7.86. The van der Waals surface area contributed by atoms with Crippen LogP contribution in [0.4, 0.5) is 14.6 Å². The smallest absolute Gasteiger partial charge is 0.226 e. The first-order valence-corrected chi connectivity index (χ1v) is 24.5. The molecule has 7 aromatic rings. The molecule has 2 N–H and O–H groups in total. The molecule has 0 atom stereocenters. The minimum absolute atomic E-state index is 0.175. The average molecular weight is 999 g/mol. The standard InChI is InChI=1S/C45H41Cl2F2N7O4S.C6H14N2/c1-26-36-27(2)40(47)41(39(26)46)58-21-20-57-33-9-10-34(60-24-32-12-16-52-43(56-32)30-6-11-35(53-23-30)51-18-17-50-15-3-14-48)29(22-33)13-19-59-44-38-37(36)42(61-45(38)55-25-54-44)28-4-7-31(49)8-5-28;1-7-3-5-8(2)6-4-7/h4-12,16,22-23,25,50H,3,13-15,17-21,24H2,1-2H3,(H,51,53);3-6H2,1-2H3. The van der Waals surface area contributed by atoms with Gasteiger partial charge < -0.3 is 39.4 Å². The van der Waals surface area contributed by atoms with E-state index < -0.39 is 0 Å². The number of pyridine rings is 1. The molecule has 3 aliphatic heterocycles. The minimum Gasteiger partial charge on any atom is -0.490 e. The molecule has 1 saturated heterocycles. The van der Waals surface area contributed by atoms with Crippen LogP contribution >= 0.6 is 34.5 Å². The normalized spacial score (nSPS) is 14.3.